The number of halogens is 1. The van der Waals surface area contributed by atoms with E-state index in [9.17, 15) is 4.79 Å². The minimum Gasteiger partial charge on any atom is -0.337 e. The highest BCUT2D eigenvalue weighted by molar-refractivity contribution is 9.09. The molecule has 0 aliphatic carbocycles. The summed E-state index contributed by atoms with van der Waals surface area (Å²) in [5.41, 5.74) is 1.53. The first-order chi connectivity index (χ1) is 7.99. The van der Waals surface area contributed by atoms with Crippen LogP contribution in [0.2, 0.25) is 0 Å². The third kappa shape index (κ3) is 2.54. The van der Waals surface area contributed by atoms with Crippen LogP contribution in [0.3, 0.4) is 0 Å². The molecule has 0 aromatic carbocycles. The van der Waals surface area contributed by atoms with Crippen LogP contribution in [0.5, 0.6) is 0 Å². The quantitative estimate of drug-likeness (QED) is 0.744. The van der Waals surface area contributed by atoms with Crippen LogP contribution in [0.15, 0.2) is 6.20 Å². The lowest BCUT2D eigenvalue weighted by Crippen LogP contribution is -2.43. The van der Waals surface area contributed by atoms with Crippen molar-refractivity contribution >= 4 is 21.8 Å². The van der Waals surface area contributed by atoms with Crippen molar-refractivity contribution in [3.8, 4) is 0 Å². The molecule has 1 saturated heterocycles. The Morgan fingerprint density at radius 2 is 2.29 bits per heavy atom. The molecule has 1 aliphatic rings. The van der Waals surface area contributed by atoms with E-state index in [1.165, 1.54) is 0 Å². The molecule has 2 rings (SSSR count). The fourth-order valence-corrected chi connectivity index (χ4v) is 2.80. The Balaban J connectivity index is 2.13. The predicted molar refractivity (Wildman–Crippen MR) is 70.3 cm³/mol. The van der Waals surface area contributed by atoms with Crippen LogP contribution >= 0.6 is 15.9 Å². The number of amides is 1. The number of hydrogen-bond donors (Lipinski definition) is 0. The van der Waals surface area contributed by atoms with E-state index in [4.69, 9.17) is 0 Å². The Hall–Kier alpha value is -0.840. The van der Waals surface area contributed by atoms with Crippen LogP contribution in [0.1, 0.15) is 29.4 Å². The van der Waals surface area contributed by atoms with Crippen LogP contribution in [-0.4, -0.2) is 38.5 Å². The van der Waals surface area contributed by atoms with E-state index < -0.39 is 0 Å². The van der Waals surface area contributed by atoms with E-state index in [0.717, 1.165) is 30.8 Å². The van der Waals surface area contributed by atoms with E-state index in [0.29, 0.717) is 10.7 Å². The summed E-state index contributed by atoms with van der Waals surface area (Å²) in [6.45, 7) is 5.73. The smallest absolute Gasteiger partial charge is 0.257 e. The summed E-state index contributed by atoms with van der Waals surface area (Å²) in [4.78, 5) is 14.7. The maximum absolute atomic E-state index is 12.3. The molecule has 17 heavy (non-hydrogen) atoms. The zero-order chi connectivity index (χ0) is 12.6. The normalized spacial score (nSPS) is 25.1. The molecular weight excluding hydrogens is 282 g/mol. The number of carbonyl (C=O) groups excluding carboxylic acids is 1. The van der Waals surface area contributed by atoms with E-state index in [1.807, 2.05) is 18.9 Å². The van der Waals surface area contributed by atoms with Gasteiger partial charge in [-0.2, -0.15) is 5.10 Å². The van der Waals surface area contributed by atoms with Crippen molar-refractivity contribution in [1.29, 1.82) is 0 Å². The van der Waals surface area contributed by atoms with Gasteiger partial charge in [-0.1, -0.05) is 22.9 Å². The molecule has 2 unspecified atom stereocenters. The third-order valence-electron chi connectivity index (χ3n) is 3.40. The Morgan fingerprint density at radius 3 is 2.82 bits per heavy atom. The van der Waals surface area contributed by atoms with Crippen molar-refractivity contribution in [1.82, 2.24) is 14.7 Å². The average Bonchev–Trinajstić information content (AvgIpc) is 2.61. The molecule has 0 spiro atoms. The zero-order valence-electron chi connectivity index (χ0n) is 10.5. The van der Waals surface area contributed by atoms with Gasteiger partial charge in [0.2, 0.25) is 0 Å². The summed E-state index contributed by atoms with van der Waals surface area (Å²) in [7, 11) is 1.84. The molecule has 2 atom stereocenters. The van der Waals surface area contributed by atoms with Gasteiger partial charge in [0.25, 0.3) is 5.91 Å². The average molecular weight is 300 g/mol. The predicted octanol–water partition coefficient (Wildman–Crippen LogP) is 1.97. The molecule has 2 heterocycles. The summed E-state index contributed by atoms with van der Waals surface area (Å²) in [5, 5.41) is 4.22. The molecule has 1 aromatic rings. The summed E-state index contributed by atoms with van der Waals surface area (Å²) >= 11 is 3.64. The van der Waals surface area contributed by atoms with E-state index in [2.05, 4.69) is 28.0 Å². The first-order valence-electron chi connectivity index (χ1n) is 5.92. The van der Waals surface area contributed by atoms with Gasteiger partial charge in [0.15, 0.2) is 0 Å². The Morgan fingerprint density at radius 1 is 1.59 bits per heavy atom. The van der Waals surface area contributed by atoms with Gasteiger partial charge in [-0.3, -0.25) is 9.48 Å². The second kappa shape index (κ2) is 4.80. The molecular formula is C12H18BrN3O. The summed E-state index contributed by atoms with van der Waals surface area (Å²) in [6, 6.07) is 0. The van der Waals surface area contributed by atoms with Crippen LogP contribution in [0, 0.1) is 12.8 Å². The molecule has 5 heteroatoms. The monoisotopic (exact) mass is 299 g/mol. The number of likely N-dealkylation sites (tertiary alicyclic amines) is 1. The number of aryl methyl sites for hydroxylation is 2. The van der Waals surface area contributed by atoms with Gasteiger partial charge in [0.05, 0.1) is 11.3 Å². The molecule has 1 fully saturated rings. The maximum Gasteiger partial charge on any atom is 0.257 e. The lowest BCUT2D eigenvalue weighted by molar-refractivity contribution is 0.0705. The number of carbonyl (C=O) groups is 1. The van der Waals surface area contributed by atoms with Crippen LogP contribution in [0.4, 0.5) is 0 Å². The van der Waals surface area contributed by atoms with Gasteiger partial charge in [-0.25, -0.2) is 0 Å². The Labute approximate surface area is 110 Å². The van der Waals surface area contributed by atoms with Gasteiger partial charge in [-0.15, -0.1) is 0 Å². The lowest BCUT2D eigenvalue weighted by Gasteiger charge is -2.34. The van der Waals surface area contributed by atoms with Crippen LogP contribution in [0.25, 0.3) is 0 Å². The van der Waals surface area contributed by atoms with Crippen molar-refractivity contribution in [2.45, 2.75) is 25.1 Å². The largest absolute Gasteiger partial charge is 0.337 e. The van der Waals surface area contributed by atoms with Crippen molar-refractivity contribution < 1.29 is 4.79 Å². The fraction of sp³-hybridized carbons (Fsp3) is 0.667. The Bertz CT molecular complexity index is 429. The maximum atomic E-state index is 12.3. The van der Waals surface area contributed by atoms with Crippen molar-refractivity contribution in [2.75, 3.05) is 13.1 Å². The molecule has 1 amide bonds. The fourth-order valence-electron chi connectivity index (χ4n) is 2.19. The van der Waals surface area contributed by atoms with E-state index >= 15 is 0 Å². The summed E-state index contributed by atoms with van der Waals surface area (Å²) in [5.74, 6) is 0.737. The summed E-state index contributed by atoms with van der Waals surface area (Å²) in [6.07, 6.45) is 2.86. The Kier molecular flexibility index (Phi) is 3.56. The highest BCUT2D eigenvalue weighted by Crippen LogP contribution is 2.24. The minimum atomic E-state index is 0.104. The first-order valence-corrected chi connectivity index (χ1v) is 6.84. The second-order valence-corrected chi connectivity index (χ2v) is 6.01. The number of alkyl halides is 1. The standard InChI is InChI=1S/C12H18BrN3O/c1-8-4-5-16(7-11(8)13)12(17)10-6-15(3)14-9(10)2/h6,8,11H,4-5,7H2,1-3H3. The van der Waals surface area contributed by atoms with E-state index in [1.54, 1.807) is 10.9 Å². The number of nitrogens with zero attached hydrogens (tertiary/aromatic N) is 3. The van der Waals surface area contributed by atoms with Crippen molar-refractivity contribution in [2.24, 2.45) is 13.0 Å². The van der Waals surface area contributed by atoms with Gasteiger partial charge < -0.3 is 4.90 Å². The molecule has 94 valence electrons. The third-order valence-corrected chi connectivity index (χ3v) is 4.59. The molecule has 0 saturated carbocycles. The SMILES string of the molecule is Cc1nn(C)cc1C(=O)N1CCC(C)C(Br)C1. The molecule has 0 radical (unpaired) electrons. The second-order valence-electron chi connectivity index (χ2n) is 4.83. The van der Waals surface area contributed by atoms with Gasteiger partial charge in [-0.05, 0) is 19.3 Å². The first kappa shape index (κ1) is 12.6. The van der Waals surface area contributed by atoms with Crippen molar-refractivity contribution in [3.63, 3.8) is 0 Å². The molecule has 0 bridgehead atoms. The number of aromatic nitrogens is 2. The minimum absolute atomic E-state index is 0.104. The highest BCUT2D eigenvalue weighted by atomic mass is 79.9. The van der Waals surface area contributed by atoms with E-state index in [-0.39, 0.29) is 5.91 Å². The number of hydrogen-bond acceptors (Lipinski definition) is 2. The van der Waals surface area contributed by atoms with Crippen LogP contribution in [-0.2, 0) is 7.05 Å². The summed E-state index contributed by atoms with van der Waals surface area (Å²) < 4.78 is 1.70. The van der Waals surface area contributed by atoms with Gasteiger partial charge >= 0.3 is 0 Å². The molecule has 4 nitrogen and oxygen atoms in total. The highest BCUT2D eigenvalue weighted by Gasteiger charge is 2.28. The lowest BCUT2D eigenvalue weighted by atomic mass is 9.98. The zero-order valence-corrected chi connectivity index (χ0v) is 12.1. The van der Waals surface area contributed by atoms with Gasteiger partial charge in [0.1, 0.15) is 0 Å². The molecule has 0 N–H and O–H groups in total. The number of rotatable bonds is 1. The topological polar surface area (TPSA) is 38.1 Å². The van der Waals surface area contributed by atoms with Crippen LogP contribution < -0.4 is 0 Å². The molecule has 1 aromatic heterocycles. The van der Waals surface area contributed by atoms with Gasteiger partial charge in [0, 0.05) is 31.2 Å². The van der Waals surface area contributed by atoms with Crippen molar-refractivity contribution in [3.05, 3.63) is 17.5 Å². The molecule has 1 aliphatic heterocycles. The number of piperidine rings is 1.